The van der Waals surface area contributed by atoms with E-state index in [1.807, 2.05) is 17.5 Å². The molecule has 8 heteroatoms. The highest BCUT2D eigenvalue weighted by molar-refractivity contribution is 7.13. The van der Waals surface area contributed by atoms with E-state index in [0.29, 0.717) is 11.8 Å². The van der Waals surface area contributed by atoms with E-state index in [4.69, 9.17) is 0 Å². The van der Waals surface area contributed by atoms with Gasteiger partial charge in [-0.2, -0.15) is 0 Å². The number of amides is 1. The lowest BCUT2D eigenvalue weighted by molar-refractivity contribution is -0.116. The Hall–Kier alpha value is -2.87. The Morgan fingerprint density at radius 1 is 1.25 bits per heavy atom. The fourth-order valence-electron chi connectivity index (χ4n) is 2.04. The Bertz CT molecular complexity index is 939. The highest BCUT2D eigenvalue weighted by atomic mass is 32.1. The molecule has 0 unspecified atom stereocenters. The SMILES string of the molecule is O=C(Cn1cnc(-c2cccs2)cc1=O)Nc1ccc(F)cc1F. The molecule has 0 fully saturated rings. The highest BCUT2D eigenvalue weighted by Crippen LogP contribution is 2.20. The number of carbonyl (C=O) groups is 1. The van der Waals surface area contributed by atoms with Crippen LogP contribution in [0.2, 0.25) is 0 Å². The summed E-state index contributed by atoms with van der Waals surface area (Å²) < 4.78 is 27.4. The van der Waals surface area contributed by atoms with Crippen molar-refractivity contribution in [1.82, 2.24) is 9.55 Å². The summed E-state index contributed by atoms with van der Waals surface area (Å²) in [5, 5.41) is 4.16. The molecule has 0 aliphatic heterocycles. The lowest BCUT2D eigenvalue weighted by Crippen LogP contribution is -2.27. The zero-order chi connectivity index (χ0) is 17.1. The first-order valence-corrected chi connectivity index (χ1v) is 7.76. The molecular weight excluding hydrogens is 336 g/mol. The van der Waals surface area contributed by atoms with Crippen LogP contribution in [0.3, 0.4) is 0 Å². The van der Waals surface area contributed by atoms with Crippen LogP contribution in [0.5, 0.6) is 0 Å². The second-order valence-electron chi connectivity index (χ2n) is 4.89. The molecule has 0 aliphatic carbocycles. The van der Waals surface area contributed by atoms with Crippen LogP contribution >= 0.6 is 11.3 Å². The Morgan fingerprint density at radius 2 is 2.08 bits per heavy atom. The van der Waals surface area contributed by atoms with E-state index in [-0.39, 0.29) is 12.2 Å². The molecule has 0 radical (unpaired) electrons. The van der Waals surface area contributed by atoms with Crippen LogP contribution in [-0.4, -0.2) is 15.5 Å². The van der Waals surface area contributed by atoms with Gasteiger partial charge in [0.2, 0.25) is 5.91 Å². The van der Waals surface area contributed by atoms with Gasteiger partial charge in [-0.05, 0) is 23.6 Å². The van der Waals surface area contributed by atoms with Crippen LogP contribution in [0.4, 0.5) is 14.5 Å². The third-order valence-corrected chi connectivity index (χ3v) is 4.06. The summed E-state index contributed by atoms with van der Waals surface area (Å²) in [5.41, 5.74) is -0.0306. The highest BCUT2D eigenvalue weighted by Gasteiger charge is 2.10. The van der Waals surface area contributed by atoms with Gasteiger partial charge in [-0.25, -0.2) is 13.8 Å². The topological polar surface area (TPSA) is 64.0 Å². The Morgan fingerprint density at radius 3 is 2.75 bits per heavy atom. The van der Waals surface area contributed by atoms with Gasteiger partial charge in [-0.15, -0.1) is 11.3 Å². The largest absolute Gasteiger partial charge is 0.322 e. The van der Waals surface area contributed by atoms with Gasteiger partial charge in [-0.3, -0.25) is 14.2 Å². The van der Waals surface area contributed by atoms with Crippen LogP contribution in [-0.2, 0) is 11.3 Å². The predicted octanol–water partition coefficient (Wildman–Crippen LogP) is 2.89. The summed E-state index contributed by atoms with van der Waals surface area (Å²) in [5.74, 6) is -2.25. The van der Waals surface area contributed by atoms with Crippen molar-refractivity contribution in [3.8, 4) is 10.6 Å². The minimum Gasteiger partial charge on any atom is -0.322 e. The van der Waals surface area contributed by atoms with E-state index in [1.54, 1.807) is 0 Å². The number of rotatable bonds is 4. The molecule has 0 saturated heterocycles. The van der Waals surface area contributed by atoms with Crippen LogP contribution in [0, 0.1) is 11.6 Å². The smallest absolute Gasteiger partial charge is 0.254 e. The molecule has 1 N–H and O–H groups in total. The van der Waals surface area contributed by atoms with E-state index in [0.717, 1.165) is 21.6 Å². The molecule has 0 spiro atoms. The first-order chi connectivity index (χ1) is 11.5. The summed E-state index contributed by atoms with van der Waals surface area (Å²) in [6, 6.07) is 7.82. The minimum absolute atomic E-state index is 0.155. The number of hydrogen-bond donors (Lipinski definition) is 1. The maximum Gasteiger partial charge on any atom is 0.254 e. The quantitative estimate of drug-likeness (QED) is 0.789. The second-order valence-corrected chi connectivity index (χ2v) is 5.84. The lowest BCUT2D eigenvalue weighted by Gasteiger charge is -2.08. The van der Waals surface area contributed by atoms with Crippen molar-refractivity contribution < 1.29 is 13.6 Å². The number of hydrogen-bond acceptors (Lipinski definition) is 4. The summed E-state index contributed by atoms with van der Waals surface area (Å²) in [6.45, 7) is -0.326. The molecule has 0 aliphatic rings. The van der Waals surface area contributed by atoms with Crippen LogP contribution < -0.4 is 10.9 Å². The average molecular weight is 347 g/mol. The first-order valence-electron chi connectivity index (χ1n) is 6.88. The van der Waals surface area contributed by atoms with Gasteiger partial charge in [0.25, 0.3) is 5.56 Å². The summed E-state index contributed by atoms with van der Waals surface area (Å²) >= 11 is 1.45. The second kappa shape index (κ2) is 6.71. The summed E-state index contributed by atoms with van der Waals surface area (Å²) in [4.78, 5) is 29.0. The number of benzene rings is 1. The third-order valence-electron chi connectivity index (χ3n) is 3.17. The molecule has 0 saturated carbocycles. The lowest BCUT2D eigenvalue weighted by atomic mass is 10.3. The molecule has 0 bridgehead atoms. The molecule has 122 valence electrons. The van der Waals surface area contributed by atoms with Crippen molar-refractivity contribution in [3.63, 3.8) is 0 Å². The molecule has 1 aromatic carbocycles. The average Bonchev–Trinajstić information content (AvgIpc) is 3.06. The van der Waals surface area contributed by atoms with Gasteiger partial charge in [0, 0.05) is 12.1 Å². The van der Waals surface area contributed by atoms with Crippen molar-refractivity contribution in [2.75, 3.05) is 5.32 Å². The minimum atomic E-state index is -0.887. The Balaban J connectivity index is 1.74. The van der Waals surface area contributed by atoms with E-state index >= 15 is 0 Å². The van der Waals surface area contributed by atoms with Crippen molar-refractivity contribution in [2.45, 2.75) is 6.54 Å². The van der Waals surface area contributed by atoms with E-state index in [2.05, 4.69) is 10.3 Å². The number of halogens is 2. The van der Waals surface area contributed by atoms with Gasteiger partial charge >= 0.3 is 0 Å². The van der Waals surface area contributed by atoms with Crippen molar-refractivity contribution in [3.05, 3.63) is 70.1 Å². The molecule has 3 aromatic rings. The number of thiophene rings is 1. The zero-order valence-corrected chi connectivity index (χ0v) is 13.0. The van der Waals surface area contributed by atoms with E-state index in [1.165, 1.54) is 23.7 Å². The van der Waals surface area contributed by atoms with Crippen molar-refractivity contribution in [1.29, 1.82) is 0 Å². The fourth-order valence-corrected chi connectivity index (χ4v) is 2.73. The molecule has 24 heavy (non-hydrogen) atoms. The molecule has 0 atom stereocenters. The van der Waals surface area contributed by atoms with Gasteiger partial charge in [0.1, 0.15) is 18.2 Å². The van der Waals surface area contributed by atoms with E-state index in [9.17, 15) is 18.4 Å². The van der Waals surface area contributed by atoms with E-state index < -0.39 is 23.1 Å². The maximum atomic E-state index is 13.5. The molecule has 5 nitrogen and oxygen atoms in total. The maximum absolute atomic E-state index is 13.5. The zero-order valence-electron chi connectivity index (χ0n) is 12.2. The Labute approximate surface area is 139 Å². The number of nitrogens with one attached hydrogen (secondary N) is 1. The normalized spacial score (nSPS) is 10.6. The van der Waals surface area contributed by atoms with Crippen LogP contribution in [0.15, 0.2) is 52.9 Å². The molecule has 3 rings (SSSR count). The molecular formula is C16H11F2N3O2S. The number of anilines is 1. The fraction of sp³-hybridized carbons (Fsp3) is 0.0625. The van der Waals surface area contributed by atoms with Crippen LogP contribution in [0.25, 0.3) is 10.6 Å². The van der Waals surface area contributed by atoms with Gasteiger partial charge in [-0.1, -0.05) is 6.07 Å². The first kappa shape index (κ1) is 16.0. The summed E-state index contributed by atoms with van der Waals surface area (Å²) in [7, 11) is 0. The standard InChI is InChI=1S/C16H11F2N3O2S/c17-10-3-4-12(11(18)6-10)20-15(22)8-21-9-19-13(7-16(21)23)14-2-1-5-24-14/h1-7,9H,8H2,(H,20,22). The van der Waals surface area contributed by atoms with Crippen molar-refractivity contribution >= 4 is 22.9 Å². The molecule has 2 heterocycles. The number of nitrogens with zero attached hydrogens (tertiary/aromatic N) is 2. The Kier molecular flexibility index (Phi) is 4.48. The third kappa shape index (κ3) is 3.54. The van der Waals surface area contributed by atoms with Gasteiger partial charge in [0.15, 0.2) is 0 Å². The van der Waals surface area contributed by atoms with Crippen LogP contribution in [0.1, 0.15) is 0 Å². The molecule has 1 amide bonds. The summed E-state index contributed by atoms with van der Waals surface area (Å²) in [6.07, 6.45) is 1.26. The van der Waals surface area contributed by atoms with Gasteiger partial charge < -0.3 is 5.32 Å². The number of aromatic nitrogens is 2. The van der Waals surface area contributed by atoms with Crippen molar-refractivity contribution in [2.24, 2.45) is 0 Å². The van der Waals surface area contributed by atoms with Gasteiger partial charge in [0.05, 0.1) is 22.6 Å². The number of carbonyl (C=O) groups excluding carboxylic acids is 1. The predicted molar refractivity (Wildman–Crippen MR) is 86.8 cm³/mol. The molecule has 2 aromatic heterocycles. The monoisotopic (exact) mass is 347 g/mol.